The van der Waals surface area contributed by atoms with Crippen LogP contribution < -0.4 is 16.0 Å². The number of aromatic nitrogens is 2. The molecule has 0 radical (unpaired) electrons. The first-order valence-corrected chi connectivity index (χ1v) is 18.4. The number of aromatic amines is 1. The first kappa shape index (κ1) is 40.7. The maximum atomic E-state index is 13.6. The number of rotatable bonds is 14. The number of ether oxygens (including phenoxy) is 4. The highest BCUT2D eigenvalue weighted by Gasteiger charge is 2.40. The molecule has 16 nitrogen and oxygen atoms in total. The minimum Gasteiger partial charge on any atom is -0.453 e. The minimum absolute atomic E-state index is 0.261. The fourth-order valence-electron chi connectivity index (χ4n) is 7.00. The topological polar surface area (TPSA) is 194 Å². The molecule has 0 bridgehead atoms. The predicted octanol–water partition coefficient (Wildman–Crippen LogP) is 3.53. The molecule has 4 N–H and O–H groups in total. The minimum atomic E-state index is -0.993. The Hall–Kier alpha value is -5.48. The normalized spacial score (nSPS) is 18.9. The van der Waals surface area contributed by atoms with Gasteiger partial charge in [0.05, 0.1) is 44.4 Å². The van der Waals surface area contributed by atoms with Crippen LogP contribution in [0.2, 0.25) is 0 Å². The second-order valence-electron chi connectivity index (χ2n) is 13.7. The van der Waals surface area contributed by atoms with Gasteiger partial charge in [0.25, 0.3) is 0 Å². The number of amides is 5. The number of nitrogens with zero attached hydrogens (tertiary/aromatic N) is 3. The van der Waals surface area contributed by atoms with Gasteiger partial charge in [-0.25, -0.2) is 14.6 Å². The number of benzene rings is 2. The van der Waals surface area contributed by atoms with Crippen LogP contribution in [0, 0.1) is 0 Å². The molecule has 55 heavy (non-hydrogen) atoms. The molecule has 296 valence electrons. The van der Waals surface area contributed by atoms with E-state index in [0.717, 1.165) is 40.8 Å². The maximum Gasteiger partial charge on any atom is 0.407 e. The number of imidazole rings is 1. The Kier molecular flexibility index (Phi) is 13.8. The Morgan fingerprint density at radius 1 is 0.745 bits per heavy atom. The van der Waals surface area contributed by atoms with Gasteiger partial charge in [-0.2, -0.15) is 0 Å². The quantitative estimate of drug-likeness (QED) is 0.189. The number of hydrogen-bond donors (Lipinski definition) is 4. The number of alkyl carbamates (subject to hydrolysis) is 2. The van der Waals surface area contributed by atoms with Crippen molar-refractivity contribution in [2.75, 3.05) is 41.5 Å². The number of nitrogens with one attached hydrogen (secondary N) is 4. The van der Waals surface area contributed by atoms with Crippen LogP contribution in [0.1, 0.15) is 57.0 Å². The summed E-state index contributed by atoms with van der Waals surface area (Å²) >= 11 is 0. The van der Waals surface area contributed by atoms with Crippen molar-refractivity contribution < 1.29 is 42.9 Å². The SMILES string of the molecule is COC(=O)N[C@H](C(=O)N1CCC[C@H]1C(=O)NCc1ccc(-c2ccc(-c3cnc([C@@H]4CCCN4C(=O)[C@@H](NC(=O)OC)[C@@H](C)OC)[nH]3)cc2)cc1)[C@@H](C)OC. The number of carbonyl (C=O) groups excluding carboxylic acids is 5. The molecule has 2 aliphatic heterocycles. The lowest BCUT2D eigenvalue weighted by molar-refractivity contribution is -0.142. The van der Waals surface area contributed by atoms with Crippen molar-refractivity contribution in [2.45, 2.75) is 82.5 Å². The van der Waals surface area contributed by atoms with Gasteiger partial charge >= 0.3 is 12.2 Å². The summed E-state index contributed by atoms with van der Waals surface area (Å²) < 4.78 is 20.1. The fourth-order valence-corrected chi connectivity index (χ4v) is 7.00. The number of likely N-dealkylation sites (tertiary alicyclic amines) is 2. The second-order valence-corrected chi connectivity index (χ2v) is 13.7. The summed E-state index contributed by atoms with van der Waals surface area (Å²) in [5, 5.41) is 8.10. The van der Waals surface area contributed by atoms with Crippen LogP contribution in [0.15, 0.2) is 54.7 Å². The molecule has 0 saturated carbocycles. The third kappa shape index (κ3) is 9.61. The van der Waals surface area contributed by atoms with Crippen LogP contribution in [0.25, 0.3) is 22.4 Å². The standard InChI is InChI=1S/C39H51N7O9/c1-23(52-3)32(43-38(50)54-5)36(48)45-19-7-9-30(45)34-40-22-29(42-34)28-17-15-27(16-18-28)26-13-11-25(12-14-26)21-41-35(47)31-10-8-20-46(31)37(49)33(24(2)53-4)44-39(51)55-6/h11-18,22-24,30-33H,7-10,19-21H2,1-6H3,(H,40,42)(H,41,47)(H,43,50)(H,44,51)/t23-,24-,30+,31+,32+,33+/m1/s1. The van der Waals surface area contributed by atoms with Gasteiger partial charge in [-0.15, -0.1) is 0 Å². The summed E-state index contributed by atoms with van der Waals surface area (Å²) in [5.41, 5.74) is 4.64. The van der Waals surface area contributed by atoms with E-state index in [9.17, 15) is 24.0 Å². The summed E-state index contributed by atoms with van der Waals surface area (Å²) in [6.07, 6.45) is 1.82. The third-order valence-electron chi connectivity index (χ3n) is 10.4. The van der Waals surface area contributed by atoms with E-state index in [0.29, 0.717) is 31.8 Å². The van der Waals surface area contributed by atoms with Crippen LogP contribution in [0.5, 0.6) is 0 Å². The number of H-pyrrole nitrogens is 1. The van der Waals surface area contributed by atoms with Gasteiger partial charge in [-0.05, 0) is 61.8 Å². The van der Waals surface area contributed by atoms with Crippen molar-refractivity contribution in [2.24, 2.45) is 0 Å². The number of methoxy groups -OCH3 is 4. The van der Waals surface area contributed by atoms with E-state index in [-0.39, 0.29) is 24.4 Å². The molecule has 6 atom stereocenters. The second kappa shape index (κ2) is 18.7. The highest BCUT2D eigenvalue weighted by Crippen LogP contribution is 2.33. The largest absolute Gasteiger partial charge is 0.453 e. The van der Waals surface area contributed by atoms with E-state index in [1.807, 2.05) is 48.5 Å². The van der Waals surface area contributed by atoms with Crippen molar-refractivity contribution in [1.82, 2.24) is 35.7 Å². The Bertz CT molecular complexity index is 1800. The molecule has 0 unspecified atom stereocenters. The molecule has 0 spiro atoms. The molecule has 16 heteroatoms. The van der Waals surface area contributed by atoms with Crippen molar-refractivity contribution in [1.29, 1.82) is 0 Å². The summed E-state index contributed by atoms with van der Waals surface area (Å²) in [7, 11) is 5.40. The van der Waals surface area contributed by atoms with Crippen LogP contribution in [0.4, 0.5) is 9.59 Å². The smallest absolute Gasteiger partial charge is 0.407 e. The molecule has 1 aromatic heterocycles. The summed E-state index contributed by atoms with van der Waals surface area (Å²) in [6.45, 7) is 4.61. The van der Waals surface area contributed by atoms with Gasteiger partial charge in [0.15, 0.2) is 0 Å². The zero-order chi connectivity index (χ0) is 39.6. The van der Waals surface area contributed by atoms with E-state index >= 15 is 0 Å². The van der Waals surface area contributed by atoms with Gasteiger partial charge in [-0.3, -0.25) is 14.4 Å². The molecule has 2 aromatic carbocycles. The van der Waals surface area contributed by atoms with E-state index in [2.05, 4.69) is 30.7 Å². The molecule has 2 saturated heterocycles. The highest BCUT2D eigenvalue weighted by molar-refractivity contribution is 5.92. The predicted molar refractivity (Wildman–Crippen MR) is 201 cm³/mol. The third-order valence-corrected chi connectivity index (χ3v) is 10.4. The zero-order valence-corrected chi connectivity index (χ0v) is 32.1. The Morgan fingerprint density at radius 2 is 1.25 bits per heavy atom. The van der Waals surface area contributed by atoms with Crippen LogP contribution >= 0.6 is 0 Å². The summed E-state index contributed by atoms with van der Waals surface area (Å²) in [4.78, 5) is 75.3. The Balaban J connectivity index is 1.18. The van der Waals surface area contributed by atoms with Crippen molar-refractivity contribution in [3.63, 3.8) is 0 Å². The number of carbonyl (C=O) groups is 5. The van der Waals surface area contributed by atoms with E-state index < -0.39 is 48.4 Å². The van der Waals surface area contributed by atoms with Gasteiger partial charge < -0.3 is 49.7 Å². The molecular formula is C39H51N7O9. The molecular weight excluding hydrogens is 710 g/mol. The fraction of sp³-hybridized carbons (Fsp3) is 0.487. The molecule has 5 rings (SSSR count). The average Bonchev–Trinajstić information content (AvgIpc) is 4.02. The van der Waals surface area contributed by atoms with Crippen molar-refractivity contribution >= 4 is 29.9 Å². The van der Waals surface area contributed by atoms with Gasteiger partial charge in [0, 0.05) is 33.9 Å². The first-order valence-electron chi connectivity index (χ1n) is 18.4. The van der Waals surface area contributed by atoms with Gasteiger partial charge in [-0.1, -0.05) is 48.5 Å². The monoisotopic (exact) mass is 761 g/mol. The van der Waals surface area contributed by atoms with Gasteiger partial charge in [0.2, 0.25) is 17.7 Å². The molecule has 2 aliphatic rings. The average molecular weight is 762 g/mol. The first-order chi connectivity index (χ1) is 26.5. The molecule has 0 aliphatic carbocycles. The van der Waals surface area contributed by atoms with Crippen LogP contribution in [-0.2, 0) is 39.9 Å². The highest BCUT2D eigenvalue weighted by atomic mass is 16.5. The summed E-state index contributed by atoms with van der Waals surface area (Å²) in [6, 6.07) is 13.1. The van der Waals surface area contributed by atoms with Crippen LogP contribution in [0.3, 0.4) is 0 Å². The lowest BCUT2D eigenvalue weighted by atomic mass is 10.0. The Morgan fingerprint density at radius 3 is 1.82 bits per heavy atom. The maximum absolute atomic E-state index is 13.6. The van der Waals surface area contributed by atoms with Gasteiger partial charge in [0.1, 0.15) is 23.9 Å². The molecule has 3 aromatic rings. The van der Waals surface area contributed by atoms with Crippen molar-refractivity contribution in [3.05, 3.63) is 66.1 Å². The molecule has 5 amide bonds. The van der Waals surface area contributed by atoms with Crippen molar-refractivity contribution in [3.8, 4) is 22.4 Å². The van der Waals surface area contributed by atoms with Crippen LogP contribution in [-0.4, -0.2) is 122 Å². The molecule has 2 fully saturated rings. The van der Waals surface area contributed by atoms with E-state index in [1.54, 1.807) is 24.9 Å². The van der Waals surface area contributed by atoms with E-state index in [4.69, 9.17) is 14.2 Å². The molecule has 3 heterocycles. The lowest BCUT2D eigenvalue weighted by Crippen LogP contribution is -2.57. The van der Waals surface area contributed by atoms with E-state index in [1.165, 1.54) is 33.3 Å². The number of hydrogen-bond acceptors (Lipinski definition) is 10. The lowest BCUT2D eigenvalue weighted by Gasteiger charge is -2.30. The summed E-state index contributed by atoms with van der Waals surface area (Å²) in [5.74, 6) is -0.252. The Labute approximate surface area is 320 Å². The zero-order valence-electron chi connectivity index (χ0n) is 32.1.